The average molecular weight is 285 g/mol. The molecule has 1 amide bonds. The molecule has 0 aliphatic heterocycles. The van der Waals surface area contributed by atoms with Crippen molar-refractivity contribution in [1.82, 2.24) is 14.9 Å². The summed E-state index contributed by atoms with van der Waals surface area (Å²) in [5.41, 5.74) is 2.76. The number of hydrogen-bond donors (Lipinski definition) is 1. The van der Waals surface area contributed by atoms with Crippen molar-refractivity contribution in [2.45, 2.75) is 19.5 Å². The van der Waals surface area contributed by atoms with Crippen LogP contribution in [0.1, 0.15) is 22.5 Å². The third kappa shape index (κ3) is 3.09. The molecule has 0 aliphatic rings. The lowest BCUT2D eigenvalue weighted by atomic mass is 10.2. The van der Waals surface area contributed by atoms with E-state index in [1.807, 2.05) is 24.6 Å². The van der Waals surface area contributed by atoms with E-state index in [4.69, 9.17) is 0 Å². The summed E-state index contributed by atoms with van der Waals surface area (Å²) in [6.45, 7) is 1.47. The summed E-state index contributed by atoms with van der Waals surface area (Å²) in [6, 6.07) is 3.50. The molecule has 0 saturated heterocycles. The van der Waals surface area contributed by atoms with Crippen LogP contribution in [-0.2, 0) is 7.05 Å². The average Bonchev–Trinajstić information content (AvgIpc) is 2.63. The zero-order valence-electron chi connectivity index (χ0n) is 11.1. The molecule has 0 atom stereocenters. The number of pyridine rings is 1. The standard InChI is InChI=1S/C13H14F3N3O/c1-8-5-10-11(19(8)2)6-9(7-18-10)12(20)17-4-3-13(14,15)16/h5-7H,3-4H2,1-2H3,(H,17,20). The van der Waals surface area contributed by atoms with Crippen LogP contribution in [0.25, 0.3) is 11.0 Å². The van der Waals surface area contributed by atoms with Gasteiger partial charge in [-0.1, -0.05) is 0 Å². The van der Waals surface area contributed by atoms with Crippen molar-refractivity contribution in [3.05, 3.63) is 29.6 Å². The molecule has 0 unspecified atom stereocenters. The molecule has 108 valence electrons. The normalized spacial score (nSPS) is 11.8. The Labute approximate surface area is 113 Å². The maximum atomic E-state index is 12.0. The highest BCUT2D eigenvalue weighted by Crippen LogP contribution is 2.19. The van der Waals surface area contributed by atoms with Crippen molar-refractivity contribution in [2.24, 2.45) is 7.05 Å². The van der Waals surface area contributed by atoms with Crippen LogP contribution in [0.15, 0.2) is 18.3 Å². The Balaban J connectivity index is 2.12. The lowest BCUT2D eigenvalue weighted by Crippen LogP contribution is -2.28. The van der Waals surface area contributed by atoms with Gasteiger partial charge in [-0.25, -0.2) is 0 Å². The molecule has 0 fully saturated rings. The maximum Gasteiger partial charge on any atom is 0.390 e. The van der Waals surface area contributed by atoms with Gasteiger partial charge in [-0.05, 0) is 19.1 Å². The highest BCUT2D eigenvalue weighted by molar-refractivity contribution is 5.96. The minimum Gasteiger partial charge on any atom is -0.352 e. The molecule has 0 radical (unpaired) electrons. The smallest absolute Gasteiger partial charge is 0.352 e. The molecular formula is C13H14F3N3O. The van der Waals surface area contributed by atoms with Crippen LogP contribution in [0, 0.1) is 6.92 Å². The molecule has 7 heteroatoms. The van der Waals surface area contributed by atoms with Crippen LogP contribution >= 0.6 is 0 Å². The zero-order valence-corrected chi connectivity index (χ0v) is 11.1. The molecule has 2 rings (SSSR count). The maximum absolute atomic E-state index is 12.0. The molecule has 4 nitrogen and oxygen atoms in total. The van der Waals surface area contributed by atoms with Crippen molar-refractivity contribution < 1.29 is 18.0 Å². The number of fused-ring (bicyclic) bond motifs is 1. The van der Waals surface area contributed by atoms with Gasteiger partial charge in [0.25, 0.3) is 5.91 Å². The van der Waals surface area contributed by atoms with Gasteiger partial charge in [0.05, 0.1) is 23.0 Å². The van der Waals surface area contributed by atoms with Crippen molar-refractivity contribution >= 4 is 16.9 Å². The molecule has 0 aromatic carbocycles. The Bertz CT molecular complexity index is 646. The predicted octanol–water partition coefficient (Wildman–Crippen LogP) is 2.56. The van der Waals surface area contributed by atoms with E-state index in [2.05, 4.69) is 10.3 Å². The van der Waals surface area contributed by atoms with Crippen LogP contribution in [-0.4, -0.2) is 28.2 Å². The van der Waals surface area contributed by atoms with Gasteiger partial charge >= 0.3 is 6.18 Å². The van der Waals surface area contributed by atoms with Crippen molar-refractivity contribution in [3.8, 4) is 0 Å². The van der Waals surface area contributed by atoms with Gasteiger partial charge in [-0.2, -0.15) is 13.2 Å². The molecule has 1 N–H and O–H groups in total. The Morgan fingerprint density at radius 3 is 2.75 bits per heavy atom. The van der Waals surface area contributed by atoms with Gasteiger partial charge in [0, 0.05) is 25.5 Å². The van der Waals surface area contributed by atoms with E-state index < -0.39 is 25.0 Å². The Kier molecular flexibility index (Phi) is 3.69. The van der Waals surface area contributed by atoms with E-state index in [0.717, 1.165) is 16.7 Å². The number of nitrogens with zero attached hydrogens (tertiary/aromatic N) is 2. The first-order valence-electron chi connectivity index (χ1n) is 6.05. The number of alkyl halides is 3. The second-order valence-electron chi connectivity index (χ2n) is 4.59. The summed E-state index contributed by atoms with van der Waals surface area (Å²) in [5, 5.41) is 2.24. The molecule has 2 aromatic rings. The fourth-order valence-electron chi connectivity index (χ4n) is 1.87. The molecule has 0 saturated carbocycles. The summed E-state index contributed by atoms with van der Waals surface area (Å²) in [4.78, 5) is 15.9. The molecule has 0 spiro atoms. The highest BCUT2D eigenvalue weighted by atomic mass is 19.4. The monoisotopic (exact) mass is 285 g/mol. The number of aromatic nitrogens is 2. The Morgan fingerprint density at radius 2 is 2.10 bits per heavy atom. The summed E-state index contributed by atoms with van der Waals surface area (Å²) in [5.74, 6) is -0.553. The number of halogens is 3. The van der Waals surface area contributed by atoms with Crippen LogP contribution in [0.2, 0.25) is 0 Å². The number of rotatable bonds is 3. The Morgan fingerprint density at radius 1 is 1.40 bits per heavy atom. The van der Waals surface area contributed by atoms with Crippen molar-refractivity contribution in [2.75, 3.05) is 6.54 Å². The summed E-state index contributed by atoms with van der Waals surface area (Å²) < 4.78 is 37.9. The van der Waals surface area contributed by atoms with Gasteiger partial charge in [-0.15, -0.1) is 0 Å². The lowest BCUT2D eigenvalue weighted by molar-refractivity contribution is -0.132. The quantitative estimate of drug-likeness (QED) is 0.942. The van der Waals surface area contributed by atoms with Crippen LogP contribution in [0.3, 0.4) is 0 Å². The van der Waals surface area contributed by atoms with E-state index in [0.29, 0.717) is 0 Å². The molecule has 2 heterocycles. The summed E-state index contributed by atoms with van der Waals surface area (Å²) >= 11 is 0. The van der Waals surface area contributed by atoms with E-state index in [9.17, 15) is 18.0 Å². The summed E-state index contributed by atoms with van der Waals surface area (Å²) in [6.07, 6.45) is -3.95. The largest absolute Gasteiger partial charge is 0.390 e. The van der Waals surface area contributed by atoms with Gasteiger partial charge < -0.3 is 9.88 Å². The molecule has 20 heavy (non-hydrogen) atoms. The number of aryl methyl sites for hydroxylation is 2. The van der Waals surface area contributed by atoms with Crippen molar-refractivity contribution in [1.29, 1.82) is 0 Å². The lowest BCUT2D eigenvalue weighted by Gasteiger charge is -2.08. The number of carbonyl (C=O) groups excluding carboxylic acids is 1. The van der Waals surface area contributed by atoms with Gasteiger partial charge in [0.2, 0.25) is 0 Å². The third-order valence-corrected chi connectivity index (χ3v) is 3.09. The SMILES string of the molecule is Cc1cc2ncc(C(=O)NCCC(F)(F)F)cc2n1C. The number of nitrogens with one attached hydrogen (secondary N) is 1. The van der Waals surface area contributed by atoms with Gasteiger partial charge in [-0.3, -0.25) is 9.78 Å². The fourth-order valence-corrected chi connectivity index (χ4v) is 1.87. The molecule has 0 aliphatic carbocycles. The first-order chi connectivity index (χ1) is 9.28. The fraction of sp³-hybridized carbons (Fsp3) is 0.385. The minimum absolute atomic E-state index is 0.251. The van der Waals surface area contributed by atoms with E-state index >= 15 is 0 Å². The van der Waals surface area contributed by atoms with E-state index in [1.54, 1.807) is 6.07 Å². The molecular weight excluding hydrogens is 271 g/mol. The second-order valence-corrected chi connectivity index (χ2v) is 4.59. The first-order valence-corrected chi connectivity index (χ1v) is 6.05. The third-order valence-electron chi connectivity index (χ3n) is 3.09. The molecule has 0 bridgehead atoms. The van der Waals surface area contributed by atoms with Crippen molar-refractivity contribution in [3.63, 3.8) is 0 Å². The van der Waals surface area contributed by atoms with Gasteiger partial charge in [0.15, 0.2) is 0 Å². The van der Waals surface area contributed by atoms with Crippen LogP contribution in [0.4, 0.5) is 13.2 Å². The van der Waals surface area contributed by atoms with Gasteiger partial charge in [0.1, 0.15) is 0 Å². The predicted molar refractivity (Wildman–Crippen MR) is 68.5 cm³/mol. The number of amides is 1. The van der Waals surface area contributed by atoms with Crippen LogP contribution in [0.5, 0.6) is 0 Å². The number of hydrogen-bond acceptors (Lipinski definition) is 2. The highest BCUT2D eigenvalue weighted by Gasteiger charge is 2.26. The van der Waals surface area contributed by atoms with Crippen LogP contribution < -0.4 is 5.32 Å². The summed E-state index contributed by atoms with van der Waals surface area (Å²) in [7, 11) is 1.84. The molecule has 2 aromatic heterocycles. The zero-order chi connectivity index (χ0) is 14.9. The first kappa shape index (κ1) is 14.4. The number of carbonyl (C=O) groups is 1. The second kappa shape index (κ2) is 5.15. The topological polar surface area (TPSA) is 46.9 Å². The van der Waals surface area contributed by atoms with E-state index in [-0.39, 0.29) is 5.56 Å². The minimum atomic E-state index is -4.27. The van der Waals surface area contributed by atoms with E-state index in [1.165, 1.54) is 6.20 Å². The Hall–Kier alpha value is -2.05.